The van der Waals surface area contributed by atoms with Crippen LogP contribution in [0.3, 0.4) is 0 Å². The first-order valence-corrected chi connectivity index (χ1v) is 13.9. The topological polar surface area (TPSA) is 35.0 Å². The summed E-state index contributed by atoms with van der Waals surface area (Å²) in [6, 6.07) is 8.03. The van der Waals surface area contributed by atoms with Crippen molar-refractivity contribution in [1.29, 1.82) is 0 Å². The zero-order valence-corrected chi connectivity index (χ0v) is 22.0. The van der Waals surface area contributed by atoms with Gasteiger partial charge in [-0.2, -0.15) is 0 Å². The molecule has 0 unspecified atom stereocenters. The third kappa shape index (κ3) is 13.0. The Labute approximate surface area is 212 Å². The van der Waals surface area contributed by atoms with Crippen molar-refractivity contribution < 1.29 is 13.5 Å². The summed E-state index contributed by atoms with van der Waals surface area (Å²) < 4.78 is 33.7. The number of unbranched alkanes of at least 4 members (excludes halogenated alkanes) is 8. The molecule has 0 aliphatic heterocycles. The second kappa shape index (κ2) is 18.3. The summed E-state index contributed by atoms with van der Waals surface area (Å²) in [6.45, 7) is 4.68. The summed E-state index contributed by atoms with van der Waals surface area (Å²) >= 11 is 0. The fraction of sp³-hybridized carbons (Fsp3) is 0.667. The van der Waals surface area contributed by atoms with E-state index in [-0.39, 0.29) is 0 Å². The zero-order valence-electron chi connectivity index (χ0n) is 22.0. The Bertz CT molecular complexity index is 767. The number of alkyl halides is 2. The van der Waals surface area contributed by atoms with Crippen molar-refractivity contribution in [1.82, 2.24) is 9.97 Å². The van der Waals surface area contributed by atoms with Gasteiger partial charge >= 0.3 is 0 Å². The number of hydrogen-bond acceptors (Lipinski definition) is 3. The molecule has 1 heterocycles. The first kappa shape index (κ1) is 29.2. The lowest BCUT2D eigenvalue weighted by Gasteiger charge is -2.10. The average Bonchev–Trinajstić information content (AvgIpc) is 2.88. The van der Waals surface area contributed by atoms with Crippen LogP contribution in [0.5, 0.6) is 5.75 Å². The molecule has 0 aliphatic rings. The molecule has 2 rings (SSSR count). The van der Waals surface area contributed by atoms with Crippen LogP contribution in [-0.4, -0.2) is 28.9 Å². The van der Waals surface area contributed by atoms with E-state index in [0.717, 1.165) is 49.7 Å². The van der Waals surface area contributed by atoms with Gasteiger partial charge in [0, 0.05) is 12.0 Å². The van der Waals surface area contributed by atoms with Crippen LogP contribution in [0.4, 0.5) is 8.78 Å². The normalized spacial score (nSPS) is 13.0. The molecule has 3 nitrogen and oxygen atoms in total. The highest BCUT2D eigenvalue weighted by Crippen LogP contribution is 2.20. The predicted octanol–water partition coefficient (Wildman–Crippen LogP) is 9.24. The van der Waals surface area contributed by atoms with Gasteiger partial charge in [-0.3, -0.25) is 0 Å². The highest BCUT2D eigenvalue weighted by atomic mass is 19.1. The number of hydrogen-bond donors (Lipinski definition) is 0. The molecule has 0 saturated carbocycles. The molecular weight excluding hydrogens is 442 g/mol. The first-order chi connectivity index (χ1) is 17.1. The molecule has 0 aliphatic carbocycles. The minimum absolute atomic E-state index is 0.333. The van der Waals surface area contributed by atoms with E-state index in [1.54, 1.807) is 12.4 Å². The molecule has 0 radical (unpaired) electrons. The van der Waals surface area contributed by atoms with Crippen molar-refractivity contribution in [3.05, 3.63) is 42.2 Å². The number of halogens is 2. The van der Waals surface area contributed by atoms with Gasteiger partial charge in [0.25, 0.3) is 0 Å². The van der Waals surface area contributed by atoms with Gasteiger partial charge in [0.05, 0.1) is 19.0 Å². The Morgan fingerprint density at radius 3 is 1.89 bits per heavy atom. The lowest BCUT2D eigenvalue weighted by Crippen LogP contribution is -2.08. The Balaban J connectivity index is 1.65. The van der Waals surface area contributed by atoms with Crippen LogP contribution in [0.2, 0.25) is 0 Å². The highest BCUT2D eigenvalue weighted by molar-refractivity contribution is 5.55. The van der Waals surface area contributed by atoms with E-state index in [1.807, 2.05) is 24.3 Å². The maximum atomic E-state index is 14.3. The molecule has 0 amide bonds. The van der Waals surface area contributed by atoms with Crippen LogP contribution in [0.15, 0.2) is 36.7 Å². The molecule has 196 valence electrons. The van der Waals surface area contributed by atoms with Gasteiger partial charge in [-0.25, -0.2) is 18.7 Å². The van der Waals surface area contributed by atoms with E-state index in [0.29, 0.717) is 43.9 Å². The van der Waals surface area contributed by atoms with Gasteiger partial charge in [-0.15, -0.1) is 0 Å². The molecule has 0 fully saturated rings. The summed E-state index contributed by atoms with van der Waals surface area (Å²) in [5, 5.41) is 0. The number of aromatic nitrogens is 2. The summed E-state index contributed by atoms with van der Waals surface area (Å²) in [6.07, 6.45) is 16.4. The van der Waals surface area contributed by atoms with Crippen LogP contribution in [-0.2, 0) is 6.42 Å². The van der Waals surface area contributed by atoms with Crippen molar-refractivity contribution >= 4 is 0 Å². The van der Waals surface area contributed by atoms with Gasteiger partial charge in [-0.1, -0.05) is 102 Å². The molecule has 2 atom stereocenters. The third-order valence-electron chi connectivity index (χ3n) is 6.53. The lowest BCUT2D eigenvalue weighted by atomic mass is 10.0. The van der Waals surface area contributed by atoms with Crippen LogP contribution < -0.4 is 4.74 Å². The quantitative estimate of drug-likeness (QED) is 0.174. The second-order valence-corrected chi connectivity index (χ2v) is 9.72. The van der Waals surface area contributed by atoms with Crippen molar-refractivity contribution in [3.63, 3.8) is 0 Å². The minimum atomic E-state index is -0.812. The summed E-state index contributed by atoms with van der Waals surface area (Å²) in [5.41, 5.74) is 2.05. The van der Waals surface area contributed by atoms with Gasteiger partial charge < -0.3 is 4.74 Å². The van der Waals surface area contributed by atoms with Crippen LogP contribution in [0.1, 0.15) is 109 Å². The molecule has 2 aromatic rings. The summed E-state index contributed by atoms with van der Waals surface area (Å²) in [5.74, 6) is 1.18. The highest BCUT2D eigenvalue weighted by Gasteiger charge is 2.09. The molecule has 0 N–H and O–H groups in total. The van der Waals surface area contributed by atoms with Crippen molar-refractivity contribution in [2.45, 2.75) is 123 Å². The van der Waals surface area contributed by atoms with Gasteiger partial charge in [-0.05, 0) is 31.2 Å². The SMILES string of the molecule is CCCCCCCCC[C@@H](F)CCc1ccc(-c2ncc(OCC[C@@H](F)CCCCC)cn2)cc1. The number of rotatable bonds is 20. The smallest absolute Gasteiger partial charge is 0.159 e. The molecule has 0 spiro atoms. The molecular formula is C30H46F2N2O. The minimum Gasteiger partial charge on any atom is -0.490 e. The standard InChI is InChI=1S/C30H46F2N2O/c1-3-5-7-8-9-10-12-14-27(31)20-17-25-15-18-26(19-16-25)30-33-23-29(24-34-30)35-22-21-28(32)13-11-6-4-2/h15-16,18-19,23-24,27-28H,3-14,17,20-22H2,1-2H3/t27-,28+/m1/s1. The maximum Gasteiger partial charge on any atom is 0.159 e. The predicted molar refractivity (Wildman–Crippen MR) is 142 cm³/mol. The third-order valence-corrected chi connectivity index (χ3v) is 6.53. The summed E-state index contributed by atoms with van der Waals surface area (Å²) in [7, 11) is 0. The van der Waals surface area contributed by atoms with E-state index in [4.69, 9.17) is 4.74 Å². The molecule has 1 aromatic heterocycles. The monoisotopic (exact) mass is 488 g/mol. The van der Waals surface area contributed by atoms with Crippen LogP contribution in [0.25, 0.3) is 11.4 Å². The van der Waals surface area contributed by atoms with E-state index in [9.17, 15) is 8.78 Å². The Kier molecular flexibility index (Phi) is 15.2. The van der Waals surface area contributed by atoms with E-state index >= 15 is 0 Å². The largest absolute Gasteiger partial charge is 0.490 e. The van der Waals surface area contributed by atoms with Gasteiger partial charge in [0.2, 0.25) is 0 Å². The van der Waals surface area contributed by atoms with Crippen molar-refractivity contribution in [2.75, 3.05) is 6.61 Å². The first-order valence-electron chi connectivity index (χ1n) is 13.9. The number of benzene rings is 1. The summed E-state index contributed by atoms with van der Waals surface area (Å²) in [4.78, 5) is 8.77. The molecule has 0 saturated heterocycles. The molecule has 5 heteroatoms. The molecule has 35 heavy (non-hydrogen) atoms. The van der Waals surface area contributed by atoms with Crippen LogP contribution in [0, 0.1) is 0 Å². The number of nitrogens with zero attached hydrogens (tertiary/aromatic N) is 2. The fourth-order valence-corrected chi connectivity index (χ4v) is 4.22. The lowest BCUT2D eigenvalue weighted by molar-refractivity contribution is 0.222. The van der Waals surface area contributed by atoms with Gasteiger partial charge in [0.15, 0.2) is 11.6 Å². The Morgan fingerprint density at radius 2 is 1.23 bits per heavy atom. The molecule has 0 bridgehead atoms. The maximum absolute atomic E-state index is 14.3. The van der Waals surface area contributed by atoms with Gasteiger partial charge in [0.1, 0.15) is 12.3 Å². The Hall–Kier alpha value is -2.04. The number of ether oxygens (including phenoxy) is 1. The molecule has 1 aromatic carbocycles. The van der Waals surface area contributed by atoms with Crippen molar-refractivity contribution in [2.24, 2.45) is 0 Å². The number of aryl methyl sites for hydroxylation is 1. The van der Waals surface area contributed by atoms with E-state index in [2.05, 4.69) is 23.8 Å². The average molecular weight is 489 g/mol. The fourth-order valence-electron chi connectivity index (χ4n) is 4.22. The Morgan fingerprint density at radius 1 is 0.686 bits per heavy atom. The van der Waals surface area contributed by atoms with E-state index < -0.39 is 12.3 Å². The van der Waals surface area contributed by atoms with Crippen molar-refractivity contribution in [3.8, 4) is 17.1 Å². The van der Waals surface area contributed by atoms with Crippen LogP contribution >= 0.6 is 0 Å². The second-order valence-electron chi connectivity index (χ2n) is 9.72. The zero-order chi connectivity index (χ0) is 25.1. The van der Waals surface area contributed by atoms with E-state index in [1.165, 1.54) is 32.1 Å².